The summed E-state index contributed by atoms with van der Waals surface area (Å²) in [7, 11) is 0. The number of amides is 1. The molecule has 2 N–H and O–H groups in total. The Morgan fingerprint density at radius 3 is 2.64 bits per heavy atom. The number of carbonyl (C=O) groups is 1. The van der Waals surface area contributed by atoms with Crippen molar-refractivity contribution in [2.24, 2.45) is 0 Å². The number of nitrogens with one attached hydrogen (secondary N) is 1. The monoisotopic (exact) mass is 342 g/mol. The van der Waals surface area contributed by atoms with Crippen LogP contribution < -0.4 is 5.32 Å². The number of aliphatic hydroxyl groups is 1. The molecule has 0 fully saturated rings. The molecule has 0 saturated heterocycles. The van der Waals surface area contributed by atoms with Crippen molar-refractivity contribution in [1.29, 1.82) is 0 Å². The number of nitrogens with zero attached hydrogens (tertiary/aromatic N) is 3. The van der Waals surface area contributed by atoms with Crippen LogP contribution in [0.15, 0.2) is 30.9 Å². The predicted octanol–water partition coefficient (Wildman–Crippen LogP) is 2.21. The van der Waals surface area contributed by atoms with Crippen molar-refractivity contribution in [2.75, 3.05) is 0 Å². The topological polar surface area (TPSA) is 80.0 Å². The molecule has 8 heteroatoms. The lowest BCUT2D eigenvalue weighted by Crippen LogP contribution is -2.36. The Bertz CT molecular complexity index is 614. The highest BCUT2D eigenvalue weighted by atomic mass is 35.5. The standard InChI is InChI=1S/C14H16Cl2N4O2/c1-9(6-20-8-17-7-18-20)19-14(22)5-13(21)10-2-11(15)4-12(16)3-10/h2-4,7-9,13,21H,5-6H2,1H3,(H,19,22)/t9-,13-/m0/s1. The van der Waals surface area contributed by atoms with Crippen molar-refractivity contribution >= 4 is 29.1 Å². The molecule has 22 heavy (non-hydrogen) atoms. The molecular weight excluding hydrogens is 327 g/mol. The molecule has 0 spiro atoms. The van der Waals surface area contributed by atoms with Gasteiger partial charge in [0.2, 0.25) is 5.91 Å². The summed E-state index contributed by atoms with van der Waals surface area (Å²) >= 11 is 11.8. The highest BCUT2D eigenvalue weighted by molar-refractivity contribution is 6.34. The first-order chi connectivity index (χ1) is 10.4. The van der Waals surface area contributed by atoms with Gasteiger partial charge in [0.15, 0.2) is 0 Å². The number of hydrogen-bond donors (Lipinski definition) is 2. The Morgan fingerprint density at radius 1 is 1.36 bits per heavy atom. The first kappa shape index (κ1) is 16.7. The zero-order valence-electron chi connectivity index (χ0n) is 11.9. The SMILES string of the molecule is C[C@@H](Cn1cncn1)NC(=O)C[C@H](O)c1cc(Cl)cc(Cl)c1. The van der Waals surface area contributed by atoms with E-state index in [1.165, 1.54) is 6.33 Å². The highest BCUT2D eigenvalue weighted by Crippen LogP contribution is 2.25. The Morgan fingerprint density at radius 2 is 2.05 bits per heavy atom. The van der Waals surface area contributed by atoms with E-state index in [2.05, 4.69) is 15.4 Å². The Kier molecular flexibility index (Phi) is 5.76. The summed E-state index contributed by atoms with van der Waals surface area (Å²) in [5.41, 5.74) is 0.511. The summed E-state index contributed by atoms with van der Waals surface area (Å²) in [5, 5.41) is 17.7. The van der Waals surface area contributed by atoms with Crippen LogP contribution in [-0.4, -0.2) is 31.8 Å². The smallest absolute Gasteiger partial charge is 0.223 e. The van der Waals surface area contributed by atoms with Crippen molar-refractivity contribution in [2.45, 2.75) is 32.0 Å². The maximum absolute atomic E-state index is 12.0. The molecule has 6 nitrogen and oxygen atoms in total. The molecule has 118 valence electrons. The summed E-state index contributed by atoms with van der Waals surface area (Å²) in [4.78, 5) is 15.8. The maximum Gasteiger partial charge on any atom is 0.223 e. The van der Waals surface area contributed by atoms with Crippen molar-refractivity contribution in [3.63, 3.8) is 0 Å². The zero-order valence-corrected chi connectivity index (χ0v) is 13.4. The Balaban J connectivity index is 1.88. The molecule has 0 aliphatic heterocycles. The van der Waals surface area contributed by atoms with Crippen LogP contribution in [-0.2, 0) is 11.3 Å². The molecule has 0 unspecified atom stereocenters. The minimum atomic E-state index is -0.963. The van der Waals surface area contributed by atoms with Crippen molar-refractivity contribution in [1.82, 2.24) is 20.1 Å². The molecule has 0 aliphatic carbocycles. The number of aromatic nitrogens is 3. The van der Waals surface area contributed by atoms with E-state index in [9.17, 15) is 9.90 Å². The molecule has 0 radical (unpaired) electrons. The molecule has 2 atom stereocenters. The summed E-state index contributed by atoms with van der Waals surface area (Å²) in [6, 6.07) is 4.61. The molecule has 0 aliphatic rings. The second-order valence-corrected chi connectivity index (χ2v) is 5.88. The molecule has 1 heterocycles. The second-order valence-electron chi connectivity index (χ2n) is 5.01. The van der Waals surface area contributed by atoms with Crippen LogP contribution in [0.1, 0.15) is 25.0 Å². The molecule has 0 bridgehead atoms. The lowest BCUT2D eigenvalue weighted by atomic mass is 10.1. The van der Waals surface area contributed by atoms with Gasteiger partial charge in [-0.05, 0) is 30.7 Å². The fourth-order valence-corrected chi connectivity index (χ4v) is 2.59. The second kappa shape index (κ2) is 7.58. The lowest BCUT2D eigenvalue weighted by Gasteiger charge is -2.16. The maximum atomic E-state index is 12.0. The number of benzene rings is 1. The molecule has 2 aromatic rings. The van der Waals surface area contributed by atoms with E-state index in [-0.39, 0.29) is 18.4 Å². The van der Waals surface area contributed by atoms with E-state index < -0.39 is 6.10 Å². The molecule has 0 saturated carbocycles. The number of rotatable bonds is 6. The predicted molar refractivity (Wildman–Crippen MR) is 83.7 cm³/mol. The van der Waals surface area contributed by atoms with E-state index >= 15 is 0 Å². The van der Waals surface area contributed by atoms with Crippen LogP contribution in [0.5, 0.6) is 0 Å². The van der Waals surface area contributed by atoms with Gasteiger partial charge < -0.3 is 10.4 Å². The third-order valence-corrected chi connectivity index (χ3v) is 3.42. The number of aliphatic hydroxyl groups excluding tert-OH is 1. The number of halogens is 2. The van der Waals surface area contributed by atoms with Crippen LogP contribution in [0.2, 0.25) is 10.0 Å². The van der Waals surface area contributed by atoms with Crippen LogP contribution in [0.3, 0.4) is 0 Å². The molecule has 1 aromatic carbocycles. The van der Waals surface area contributed by atoms with Gasteiger partial charge in [0, 0.05) is 16.1 Å². The molecule has 2 rings (SSSR count). The van der Waals surface area contributed by atoms with Gasteiger partial charge in [-0.25, -0.2) is 4.98 Å². The van der Waals surface area contributed by atoms with Crippen molar-refractivity contribution in [3.8, 4) is 0 Å². The highest BCUT2D eigenvalue weighted by Gasteiger charge is 2.16. The normalized spacial score (nSPS) is 13.6. The van der Waals surface area contributed by atoms with Gasteiger partial charge in [-0.3, -0.25) is 9.48 Å². The first-order valence-electron chi connectivity index (χ1n) is 6.70. The summed E-state index contributed by atoms with van der Waals surface area (Å²) < 4.78 is 1.62. The Labute approximate surface area is 138 Å². The van der Waals surface area contributed by atoms with E-state index in [0.717, 1.165) is 0 Å². The van der Waals surface area contributed by atoms with Crippen LogP contribution in [0.4, 0.5) is 0 Å². The average Bonchev–Trinajstić information content (AvgIpc) is 2.89. The largest absolute Gasteiger partial charge is 0.388 e. The fraction of sp³-hybridized carbons (Fsp3) is 0.357. The van der Waals surface area contributed by atoms with Gasteiger partial charge in [-0.2, -0.15) is 5.10 Å². The van der Waals surface area contributed by atoms with E-state index in [0.29, 0.717) is 22.2 Å². The molecule has 1 aromatic heterocycles. The Hall–Kier alpha value is -1.63. The van der Waals surface area contributed by atoms with Crippen molar-refractivity contribution in [3.05, 3.63) is 46.5 Å². The van der Waals surface area contributed by atoms with Gasteiger partial charge in [0.25, 0.3) is 0 Å². The summed E-state index contributed by atoms with van der Waals surface area (Å²) in [5.74, 6) is -0.267. The van der Waals surface area contributed by atoms with E-state index in [1.54, 1.807) is 29.2 Å². The minimum Gasteiger partial charge on any atom is -0.388 e. The van der Waals surface area contributed by atoms with Crippen LogP contribution in [0, 0.1) is 0 Å². The number of hydrogen-bond acceptors (Lipinski definition) is 4. The third-order valence-electron chi connectivity index (χ3n) is 2.98. The molecular formula is C14H16Cl2N4O2. The molecule has 1 amide bonds. The minimum absolute atomic E-state index is 0.0711. The van der Waals surface area contributed by atoms with Gasteiger partial charge in [0.1, 0.15) is 12.7 Å². The van der Waals surface area contributed by atoms with Gasteiger partial charge >= 0.3 is 0 Å². The number of carbonyl (C=O) groups excluding carboxylic acids is 1. The van der Waals surface area contributed by atoms with Crippen molar-refractivity contribution < 1.29 is 9.90 Å². The van der Waals surface area contributed by atoms with Gasteiger partial charge in [-0.15, -0.1) is 0 Å². The first-order valence-corrected chi connectivity index (χ1v) is 7.45. The van der Waals surface area contributed by atoms with E-state index in [4.69, 9.17) is 23.2 Å². The summed E-state index contributed by atoms with van der Waals surface area (Å²) in [6.45, 7) is 2.35. The van der Waals surface area contributed by atoms with Crippen LogP contribution in [0.25, 0.3) is 0 Å². The zero-order chi connectivity index (χ0) is 16.1. The summed E-state index contributed by atoms with van der Waals surface area (Å²) in [6.07, 6.45) is 1.97. The van der Waals surface area contributed by atoms with Gasteiger partial charge in [-0.1, -0.05) is 23.2 Å². The quantitative estimate of drug-likeness (QED) is 0.843. The fourth-order valence-electron chi connectivity index (χ4n) is 2.05. The van der Waals surface area contributed by atoms with Crippen LogP contribution >= 0.6 is 23.2 Å². The average molecular weight is 343 g/mol. The van der Waals surface area contributed by atoms with E-state index in [1.807, 2.05) is 6.92 Å². The van der Waals surface area contributed by atoms with Gasteiger partial charge in [0.05, 0.1) is 19.1 Å². The third kappa shape index (κ3) is 4.98. The lowest BCUT2D eigenvalue weighted by molar-refractivity contribution is -0.123.